The fraction of sp³-hybridized carbons (Fsp3) is 0.222. The van der Waals surface area contributed by atoms with Gasteiger partial charge in [0.2, 0.25) is 0 Å². The Kier molecular flexibility index (Phi) is 2.41. The maximum Gasteiger partial charge on any atom is 0.130 e. The molecule has 2 unspecified atom stereocenters. The third kappa shape index (κ3) is 1.59. The van der Waals surface area contributed by atoms with Crippen LogP contribution >= 0.6 is 0 Å². The molecule has 0 spiro atoms. The van der Waals surface area contributed by atoms with Crippen LogP contribution in [0.2, 0.25) is 0 Å². The molecular formula is C9H9FN4. The van der Waals surface area contributed by atoms with Gasteiger partial charge in [-0.15, -0.1) is 0 Å². The van der Waals surface area contributed by atoms with E-state index in [1.165, 1.54) is 12.1 Å². The van der Waals surface area contributed by atoms with Crippen molar-refractivity contribution in [1.29, 1.82) is 5.26 Å². The van der Waals surface area contributed by atoms with Crippen molar-refractivity contribution in [1.82, 2.24) is 16.4 Å². The molecule has 0 amide bonds. The van der Waals surface area contributed by atoms with E-state index >= 15 is 0 Å². The van der Waals surface area contributed by atoms with E-state index in [1.807, 2.05) is 0 Å². The van der Waals surface area contributed by atoms with Gasteiger partial charge >= 0.3 is 0 Å². The van der Waals surface area contributed by atoms with Crippen LogP contribution in [0.25, 0.3) is 0 Å². The average Bonchev–Trinajstić information content (AvgIpc) is 2.65. The summed E-state index contributed by atoms with van der Waals surface area (Å²) in [6.45, 7) is 0. The van der Waals surface area contributed by atoms with E-state index in [1.54, 1.807) is 12.1 Å². The van der Waals surface area contributed by atoms with E-state index in [-0.39, 0.29) is 11.9 Å². The van der Waals surface area contributed by atoms with Crippen LogP contribution in [0.4, 0.5) is 4.39 Å². The van der Waals surface area contributed by atoms with E-state index in [0.29, 0.717) is 0 Å². The van der Waals surface area contributed by atoms with Gasteiger partial charge in [-0.3, -0.25) is 0 Å². The number of halogens is 1. The summed E-state index contributed by atoms with van der Waals surface area (Å²) in [5, 5.41) is 8.78. The number of nitrogens with zero attached hydrogens (tertiary/aromatic N) is 1. The minimum absolute atomic E-state index is 0.226. The summed E-state index contributed by atoms with van der Waals surface area (Å²) in [6, 6.07) is 7.65. The lowest BCUT2D eigenvalue weighted by Crippen LogP contribution is -2.32. The van der Waals surface area contributed by atoms with E-state index in [2.05, 4.69) is 22.5 Å². The maximum absolute atomic E-state index is 12.9. The number of nitriles is 1. The number of nitrogens with one attached hydrogen (secondary N) is 3. The van der Waals surface area contributed by atoms with E-state index < -0.39 is 6.04 Å². The van der Waals surface area contributed by atoms with Crippen LogP contribution in [0.1, 0.15) is 11.6 Å². The number of hydrazine groups is 2. The molecule has 1 aliphatic rings. The number of hydrogen-bond donors (Lipinski definition) is 3. The Bertz CT molecular complexity index is 373. The van der Waals surface area contributed by atoms with Gasteiger partial charge in [-0.1, -0.05) is 12.1 Å². The van der Waals surface area contributed by atoms with Crippen molar-refractivity contribution in [3.63, 3.8) is 0 Å². The van der Waals surface area contributed by atoms with Gasteiger partial charge in [0, 0.05) is 0 Å². The zero-order chi connectivity index (χ0) is 9.97. The Morgan fingerprint density at radius 2 is 2.21 bits per heavy atom. The number of rotatable bonds is 1. The predicted octanol–water partition coefficient (Wildman–Crippen LogP) is 0.371. The van der Waals surface area contributed by atoms with Gasteiger partial charge in [0.1, 0.15) is 11.9 Å². The third-order valence-corrected chi connectivity index (χ3v) is 2.14. The molecule has 1 aromatic carbocycles. The van der Waals surface area contributed by atoms with E-state index in [9.17, 15) is 4.39 Å². The van der Waals surface area contributed by atoms with Crippen molar-refractivity contribution in [2.45, 2.75) is 12.1 Å². The molecule has 2 rings (SSSR count). The molecule has 1 aromatic rings. The zero-order valence-electron chi connectivity index (χ0n) is 7.29. The van der Waals surface area contributed by atoms with Crippen molar-refractivity contribution in [3.8, 4) is 6.07 Å². The molecule has 1 heterocycles. The van der Waals surface area contributed by atoms with Gasteiger partial charge < -0.3 is 0 Å². The van der Waals surface area contributed by atoms with E-state index in [4.69, 9.17) is 5.26 Å². The molecule has 0 aromatic heterocycles. The van der Waals surface area contributed by atoms with Crippen molar-refractivity contribution >= 4 is 0 Å². The van der Waals surface area contributed by atoms with Crippen LogP contribution in [0.5, 0.6) is 0 Å². The standard InChI is InChI=1S/C9H9FN4/c10-7-3-1-2-6(4-7)9-8(5-11)12-14-13-9/h1-4,8-9,12-14H. The van der Waals surface area contributed by atoms with Crippen molar-refractivity contribution in [2.24, 2.45) is 0 Å². The van der Waals surface area contributed by atoms with Crippen LogP contribution in [0, 0.1) is 17.1 Å². The Hall–Kier alpha value is -1.48. The van der Waals surface area contributed by atoms with Crippen molar-refractivity contribution in [3.05, 3.63) is 35.6 Å². The predicted molar refractivity (Wildman–Crippen MR) is 47.9 cm³/mol. The van der Waals surface area contributed by atoms with Gasteiger partial charge in [0.05, 0.1) is 12.1 Å². The highest BCUT2D eigenvalue weighted by Crippen LogP contribution is 2.18. The first-order valence-corrected chi connectivity index (χ1v) is 4.22. The SMILES string of the molecule is N#CC1NNNC1c1cccc(F)c1. The van der Waals surface area contributed by atoms with Gasteiger partial charge in [0.25, 0.3) is 0 Å². The van der Waals surface area contributed by atoms with Crippen LogP contribution in [-0.2, 0) is 0 Å². The van der Waals surface area contributed by atoms with E-state index in [0.717, 1.165) is 5.56 Å². The molecule has 0 aliphatic carbocycles. The highest BCUT2D eigenvalue weighted by Gasteiger charge is 2.27. The number of benzene rings is 1. The van der Waals surface area contributed by atoms with Gasteiger partial charge in [0.15, 0.2) is 0 Å². The second-order valence-corrected chi connectivity index (χ2v) is 3.05. The minimum atomic E-state index is -0.392. The summed E-state index contributed by atoms with van der Waals surface area (Å²) in [5.41, 5.74) is 8.97. The first-order valence-electron chi connectivity index (χ1n) is 4.22. The fourth-order valence-electron chi connectivity index (χ4n) is 1.45. The Morgan fingerprint density at radius 1 is 1.36 bits per heavy atom. The van der Waals surface area contributed by atoms with Crippen LogP contribution in [-0.4, -0.2) is 6.04 Å². The normalized spacial score (nSPS) is 26.0. The summed E-state index contributed by atoms with van der Waals surface area (Å²) in [6.07, 6.45) is 0. The molecule has 0 saturated carbocycles. The topological polar surface area (TPSA) is 59.9 Å². The summed E-state index contributed by atoms with van der Waals surface area (Å²) in [4.78, 5) is 0. The van der Waals surface area contributed by atoms with Crippen molar-refractivity contribution < 1.29 is 4.39 Å². The van der Waals surface area contributed by atoms with Gasteiger partial charge in [-0.05, 0) is 17.7 Å². The monoisotopic (exact) mass is 192 g/mol. The van der Waals surface area contributed by atoms with Crippen LogP contribution in [0.3, 0.4) is 0 Å². The fourth-order valence-corrected chi connectivity index (χ4v) is 1.45. The molecule has 5 heteroatoms. The molecule has 3 N–H and O–H groups in total. The highest BCUT2D eigenvalue weighted by atomic mass is 19.1. The molecular weight excluding hydrogens is 183 g/mol. The molecule has 1 saturated heterocycles. The molecule has 2 atom stereocenters. The maximum atomic E-state index is 12.9. The second kappa shape index (κ2) is 3.72. The largest absolute Gasteiger partial charge is 0.234 e. The van der Waals surface area contributed by atoms with Gasteiger partial charge in [-0.25, -0.2) is 15.2 Å². The molecule has 0 radical (unpaired) electrons. The summed E-state index contributed by atoms with van der Waals surface area (Å²) in [5.74, 6) is -0.298. The van der Waals surface area contributed by atoms with Crippen LogP contribution < -0.4 is 16.4 Å². The molecule has 0 bridgehead atoms. The third-order valence-electron chi connectivity index (χ3n) is 2.14. The lowest BCUT2D eigenvalue weighted by Gasteiger charge is -2.11. The Balaban J connectivity index is 2.27. The summed E-state index contributed by atoms with van der Waals surface area (Å²) >= 11 is 0. The molecule has 1 fully saturated rings. The first-order chi connectivity index (χ1) is 6.81. The molecule has 4 nitrogen and oxygen atoms in total. The molecule has 14 heavy (non-hydrogen) atoms. The average molecular weight is 192 g/mol. The van der Waals surface area contributed by atoms with Gasteiger partial charge in [-0.2, -0.15) is 10.8 Å². The quantitative estimate of drug-likeness (QED) is 0.601. The Labute approximate surface area is 80.7 Å². The lowest BCUT2D eigenvalue weighted by molar-refractivity contribution is 0.551. The lowest BCUT2D eigenvalue weighted by atomic mass is 10.0. The van der Waals surface area contributed by atoms with Crippen LogP contribution in [0.15, 0.2) is 24.3 Å². The van der Waals surface area contributed by atoms with Crippen molar-refractivity contribution in [2.75, 3.05) is 0 Å². The zero-order valence-corrected chi connectivity index (χ0v) is 7.29. The minimum Gasteiger partial charge on any atom is -0.234 e. The number of hydrogen-bond acceptors (Lipinski definition) is 4. The molecule has 72 valence electrons. The first kappa shape index (κ1) is 9.09. The Morgan fingerprint density at radius 3 is 2.93 bits per heavy atom. The smallest absolute Gasteiger partial charge is 0.130 e. The molecule has 1 aliphatic heterocycles. The summed E-state index contributed by atoms with van der Waals surface area (Å²) in [7, 11) is 0. The summed E-state index contributed by atoms with van der Waals surface area (Å²) < 4.78 is 12.9. The second-order valence-electron chi connectivity index (χ2n) is 3.05. The highest BCUT2D eigenvalue weighted by molar-refractivity contribution is 5.24.